The molecule has 0 spiro atoms. The quantitative estimate of drug-likeness (QED) is 0.0225. The molecule has 604 valence electrons. The average Bonchev–Trinajstić information content (AvgIpc) is 1.61. The molecule has 0 amide bonds. The molecule has 0 radical (unpaired) electrons. The first-order chi connectivity index (χ1) is 52.5. The van der Waals surface area contributed by atoms with Crippen molar-refractivity contribution in [2.24, 2.45) is 0 Å². The number of aromatic nitrogens is 10. The maximum atomic E-state index is 11.8. The predicted octanol–water partition coefficient (Wildman–Crippen LogP) is 12.7. The number of carbonyl (C=O) groups excluding carboxylic acids is 4. The fourth-order valence-corrected chi connectivity index (χ4v) is 12.4. The van der Waals surface area contributed by atoms with Crippen LogP contribution in [-0.4, -0.2) is 210 Å². The lowest BCUT2D eigenvalue weighted by atomic mass is 9.84. The highest BCUT2D eigenvalue weighted by atomic mass is 79.9. The van der Waals surface area contributed by atoms with Gasteiger partial charge in [-0.3, -0.25) is 33.0 Å². The normalized spacial score (nSPS) is 16.2. The van der Waals surface area contributed by atoms with Crippen molar-refractivity contribution in [2.45, 2.75) is 167 Å². The van der Waals surface area contributed by atoms with Gasteiger partial charge in [0.2, 0.25) is 0 Å². The molecule has 2 aromatic carbocycles. The van der Waals surface area contributed by atoms with Crippen molar-refractivity contribution in [1.29, 1.82) is 0 Å². The van der Waals surface area contributed by atoms with Crippen molar-refractivity contribution in [3.05, 3.63) is 165 Å². The predicted molar refractivity (Wildman–Crippen MR) is 428 cm³/mol. The molecule has 30 heteroatoms. The summed E-state index contributed by atoms with van der Waals surface area (Å²) in [6.45, 7) is 41.1. The monoisotopic (exact) mass is 1600 g/mol. The van der Waals surface area contributed by atoms with Gasteiger partial charge in [0.05, 0.1) is 148 Å². The summed E-state index contributed by atoms with van der Waals surface area (Å²) < 4.78 is 64.3. The molecule has 0 atom stereocenters. The van der Waals surface area contributed by atoms with Crippen LogP contribution in [0.4, 0.5) is 0 Å². The van der Waals surface area contributed by atoms with Crippen LogP contribution in [0.5, 0.6) is 23.0 Å². The number of carbonyl (C=O) groups is 4. The molecule has 28 nitrogen and oxygen atoms in total. The molecule has 5 aromatic heterocycles. The molecule has 0 aliphatic carbocycles. The maximum Gasteiger partial charge on any atom is 0.514 e. The van der Waals surface area contributed by atoms with E-state index in [2.05, 4.69) is 144 Å². The summed E-state index contributed by atoms with van der Waals surface area (Å²) in [6.07, 6.45) is 9.95. The van der Waals surface area contributed by atoms with Crippen LogP contribution in [0.25, 0.3) is 22.3 Å². The number of alkyl halides is 1. The highest BCUT2D eigenvalue weighted by molar-refractivity contribution is 9.09. The number of esters is 2. The summed E-state index contributed by atoms with van der Waals surface area (Å²) in [7, 11) is -0.329. The summed E-state index contributed by atoms with van der Waals surface area (Å²) in [5.41, 5.74) is 14.6. The second-order valence-electron chi connectivity index (χ2n) is 28.5. The van der Waals surface area contributed by atoms with Crippen LogP contribution in [-0.2, 0) is 52.1 Å². The second kappa shape index (κ2) is 43.1. The van der Waals surface area contributed by atoms with E-state index in [-0.39, 0.29) is 84.8 Å². The molecule has 1 fully saturated rings. The maximum absolute atomic E-state index is 11.8. The van der Waals surface area contributed by atoms with Gasteiger partial charge in [0, 0.05) is 94.4 Å². The van der Waals surface area contributed by atoms with Crippen LogP contribution in [0.15, 0.2) is 131 Å². The van der Waals surface area contributed by atoms with Crippen LogP contribution in [0.2, 0.25) is 0 Å². The Morgan fingerprint density at radius 1 is 0.495 bits per heavy atom. The van der Waals surface area contributed by atoms with Crippen LogP contribution >= 0.6 is 15.9 Å². The van der Waals surface area contributed by atoms with E-state index < -0.39 is 0 Å². The lowest BCUT2D eigenvalue weighted by Gasteiger charge is -2.32. The molecule has 1 saturated heterocycles. The fraction of sp³-hybridized carbons (Fsp3) is 0.494. The first-order valence-electron chi connectivity index (χ1n) is 36.8. The molecule has 13 rings (SSSR count). The van der Waals surface area contributed by atoms with E-state index in [9.17, 15) is 29.4 Å². The molecule has 4 N–H and O–H groups in total. The van der Waals surface area contributed by atoms with Gasteiger partial charge >= 0.3 is 19.1 Å². The number of phenols is 3. The first-order valence-corrected chi connectivity index (χ1v) is 37.9. The number of ether oxygens (including phenoxy) is 8. The Balaban J connectivity index is 0.000000205. The first kappa shape index (κ1) is 90.8. The van der Waals surface area contributed by atoms with Gasteiger partial charge in [-0.25, -0.2) is 9.59 Å². The Morgan fingerprint density at radius 2 is 0.856 bits per heavy atom. The lowest BCUT2D eigenvalue weighted by Crippen LogP contribution is -2.41. The molecule has 7 aromatic rings. The number of benzene rings is 2. The van der Waals surface area contributed by atoms with Gasteiger partial charge < -0.3 is 67.6 Å². The number of nitrogens with zero attached hydrogens (tertiary/aromatic N) is 10. The van der Waals surface area contributed by atoms with Crippen LogP contribution < -0.4 is 10.3 Å². The van der Waals surface area contributed by atoms with Gasteiger partial charge in [-0.1, -0.05) is 35.5 Å². The van der Waals surface area contributed by atoms with Crippen molar-refractivity contribution in [1.82, 2.24) is 48.9 Å². The van der Waals surface area contributed by atoms with E-state index in [1.807, 2.05) is 60.8 Å². The molecular weight excluding hydrogens is 1490 g/mol. The molecular formula is C81H112BBrN10O18. The van der Waals surface area contributed by atoms with Crippen molar-refractivity contribution in [3.63, 3.8) is 0 Å². The number of aliphatic hydroxyl groups is 1. The Bertz CT molecular complexity index is 4270. The Morgan fingerprint density at radius 3 is 1.27 bits per heavy atom. The zero-order chi connectivity index (χ0) is 80.6. The zero-order valence-electron chi connectivity index (χ0n) is 66.3. The largest absolute Gasteiger partial charge is 0.514 e. The summed E-state index contributed by atoms with van der Waals surface area (Å²) in [5, 5.41) is 59.2. The smallest absolute Gasteiger partial charge is 0.507 e. The minimum absolute atomic E-state index is 0. The molecule has 0 unspecified atom stereocenters. The second-order valence-corrected chi connectivity index (χ2v) is 29.0. The minimum atomic E-state index is -0.329. The summed E-state index contributed by atoms with van der Waals surface area (Å²) in [4.78, 5) is 44.2. The van der Waals surface area contributed by atoms with Crippen molar-refractivity contribution in [3.8, 4) is 23.0 Å². The third-order valence-corrected chi connectivity index (χ3v) is 19.2. The molecule has 6 aliphatic rings. The number of phenolic OH excluding ortho intramolecular Hbond substituents is 3. The Hall–Kier alpha value is -9.11. The topological polar surface area (TPSA) is 331 Å². The summed E-state index contributed by atoms with van der Waals surface area (Å²) >= 11 is 3.50. The van der Waals surface area contributed by atoms with E-state index in [1.165, 1.54) is 41.1 Å². The molecule has 6 aliphatic heterocycles. The van der Waals surface area contributed by atoms with Gasteiger partial charge in [-0.2, -0.15) is 25.5 Å². The van der Waals surface area contributed by atoms with Gasteiger partial charge in [0.15, 0.2) is 12.6 Å². The number of aromatic hydroxyl groups is 3. The van der Waals surface area contributed by atoms with Gasteiger partial charge in [-0.15, -0.1) is 0 Å². The zero-order valence-corrected chi connectivity index (χ0v) is 67.9. The van der Waals surface area contributed by atoms with Gasteiger partial charge in [-0.05, 0) is 189 Å². The minimum Gasteiger partial charge on any atom is -0.507 e. The summed E-state index contributed by atoms with van der Waals surface area (Å²) in [6, 6.07) is 20.3. The summed E-state index contributed by atoms with van der Waals surface area (Å²) in [5.74, 6) is -0.646. The van der Waals surface area contributed by atoms with Crippen molar-refractivity contribution >= 4 is 75.4 Å². The molecule has 111 heavy (non-hydrogen) atoms. The highest BCUT2D eigenvalue weighted by Crippen LogP contribution is 2.38. The van der Waals surface area contributed by atoms with E-state index in [4.69, 9.17) is 57.4 Å². The number of halogens is 1. The SMILES string of the molecule is C.CC(C)n1nccc1B1OC(C)(C)C(C)(C)O1.CC(C)n1nccc1C1=C(CBr)COC1.CC(C)n1nccc1C1=C(CO)COC1.CC(C)n1nccc1C1=C(COc2cccc(O)c2C=O)COC1.CCOC(=O)C1=C(C)COC1.CCOC(=O)C1=C(c2ccnn2C(C)C)COC1.O=Cc1c(O)cccc1O. The number of aldehydes is 2. The van der Waals surface area contributed by atoms with Gasteiger partial charge in [0.1, 0.15) is 29.6 Å². The molecule has 11 heterocycles. The van der Waals surface area contributed by atoms with Crippen molar-refractivity contribution < 1.29 is 86.8 Å². The van der Waals surface area contributed by atoms with Crippen molar-refractivity contribution in [2.75, 3.05) is 97.8 Å². The van der Waals surface area contributed by atoms with E-state index in [0.717, 1.165) is 68.1 Å². The Labute approximate surface area is 660 Å². The lowest BCUT2D eigenvalue weighted by molar-refractivity contribution is -0.139. The fourth-order valence-electron chi connectivity index (χ4n) is 11.9. The number of hydrogen-bond donors (Lipinski definition) is 4. The van der Waals surface area contributed by atoms with E-state index >= 15 is 0 Å². The van der Waals surface area contributed by atoms with E-state index in [1.54, 1.807) is 50.8 Å². The molecule has 0 saturated carbocycles. The number of hydrogen-bond acceptors (Lipinski definition) is 23. The number of rotatable bonds is 21. The third-order valence-electron chi connectivity index (χ3n) is 18.5. The standard InChI is InChI=1S/C18H20N2O4.C13H18N2O3.C12H21BN2O2.C11H15BrN2O.C11H16N2O2.C8H12O3.C7H6O3.CH4/c1-12(2)20-16(6-7-19-20)15-11-23-9-13(15)10-24-18-5-3-4-17(22)14(18)8-21;1-4-18-13(16)11-8-17-7-10(11)12-5-6-14-15(12)9(2)3;1-9(2)15-10(7-8-14-15)13-16-11(3,4)12(5,6)17-13;1-8(2)14-11(3-4-13-14)10-7-15-6-9(10)5-12;1-8(2)13-11(3-4-12-13)10-7-15-6-9(10)5-14;1-3-11-8(9)7-5-10-4-6(7)2;8-4-5-6(9)2-1-3-7(5)10;/h3-8,12,22H,9-11H2,1-2H3;5-6,9H,4,7-8H2,1-3H3;7-9H,1-6H3;3-4,8H,5-7H2,1-2H3;3-4,8,14H,5-7H2,1-2H3;3-5H2,1-2H3;1-4,9-10H;1H4. The van der Waals surface area contributed by atoms with Crippen LogP contribution in [0, 0.1) is 0 Å². The van der Waals surface area contributed by atoms with E-state index in [0.29, 0.717) is 127 Å². The third kappa shape index (κ3) is 23.5. The highest BCUT2D eigenvalue weighted by Gasteiger charge is 2.53. The Kier molecular flexibility index (Phi) is 35.2. The van der Waals surface area contributed by atoms with Gasteiger partial charge in [0.25, 0.3) is 0 Å². The van der Waals surface area contributed by atoms with Crippen LogP contribution in [0.1, 0.15) is 199 Å². The number of aliphatic hydroxyl groups excluding tert-OH is 1. The molecule has 0 bridgehead atoms. The average molecular weight is 1600 g/mol. The van der Waals surface area contributed by atoms with Crippen LogP contribution in [0.3, 0.4) is 0 Å².